The Labute approximate surface area is 243 Å². The molecule has 0 unspecified atom stereocenters. The molecule has 1 spiro atoms. The molecule has 1 saturated carbocycles. The Morgan fingerprint density at radius 2 is 1.71 bits per heavy atom. The van der Waals surface area contributed by atoms with Crippen LogP contribution < -0.4 is 11.1 Å². The lowest BCUT2D eigenvalue weighted by molar-refractivity contribution is -0.133. The lowest BCUT2D eigenvalue weighted by Crippen LogP contribution is -2.51. The van der Waals surface area contributed by atoms with Gasteiger partial charge in [0.25, 0.3) is 11.8 Å². The molecule has 0 aromatic heterocycles. The highest BCUT2D eigenvalue weighted by atomic mass is 19.1. The van der Waals surface area contributed by atoms with E-state index in [-0.39, 0.29) is 41.5 Å². The van der Waals surface area contributed by atoms with Crippen LogP contribution in [-0.4, -0.2) is 40.5 Å². The van der Waals surface area contributed by atoms with E-state index in [1.54, 1.807) is 24.3 Å². The first-order valence-corrected chi connectivity index (χ1v) is 14.7. The zero-order chi connectivity index (χ0) is 29.9. The number of aliphatic imine (C=N–C) groups is 1. The number of nitrogens with one attached hydrogen (secondary N) is 2. The average molecular weight is 562 g/mol. The van der Waals surface area contributed by atoms with Crippen molar-refractivity contribution < 1.29 is 14.0 Å². The quantitative estimate of drug-likeness (QED) is 0.249. The molecule has 2 aliphatic rings. The maximum atomic E-state index is 14.3. The third kappa shape index (κ3) is 6.85. The summed E-state index contributed by atoms with van der Waals surface area (Å²) in [5, 5.41) is 10.0. The molecular formula is C33H44FN5O2. The van der Waals surface area contributed by atoms with E-state index < -0.39 is 5.66 Å². The summed E-state index contributed by atoms with van der Waals surface area (Å²) in [7, 11) is 0. The van der Waals surface area contributed by atoms with Gasteiger partial charge in [0.15, 0.2) is 0 Å². The van der Waals surface area contributed by atoms with Crippen LogP contribution in [-0.2, 0) is 4.79 Å². The molecule has 0 radical (unpaired) electrons. The van der Waals surface area contributed by atoms with Gasteiger partial charge in [0.05, 0.1) is 12.6 Å². The van der Waals surface area contributed by atoms with Gasteiger partial charge >= 0.3 is 0 Å². The second-order valence-corrected chi connectivity index (χ2v) is 13.1. The number of amides is 2. The van der Waals surface area contributed by atoms with Crippen LogP contribution in [0.3, 0.4) is 0 Å². The zero-order valence-electron chi connectivity index (χ0n) is 25.0. The van der Waals surface area contributed by atoms with E-state index in [2.05, 4.69) is 39.9 Å². The normalized spacial score (nSPS) is 21.7. The summed E-state index contributed by atoms with van der Waals surface area (Å²) < 4.78 is 13.8. The molecule has 1 fully saturated rings. The standard InChI is InChI=1S/C33H44FN5O2/c1-21(2)6-15-27(22-7-9-24(10-8-22)30(40)37-20-28(35)36)39-31(41)29(23-11-13-26(34)14-12-23)38-33(39)18-16-25(17-19-33)32(3,4)5/h7-14,21,25,27H,6,15-20H2,1-5H3,(H3,35,36)(H,37,40)/t25?,27-,33?/m1/s1. The summed E-state index contributed by atoms with van der Waals surface area (Å²) in [6.45, 7) is 11.2. The second kappa shape index (κ2) is 12.1. The molecule has 2 aromatic rings. The third-order valence-electron chi connectivity index (χ3n) is 8.64. The van der Waals surface area contributed by atoms with E-state index in [0.717, 1.165) is 44.1 Å². The highest BCUT2D eigenvalue weighted by Gasteiger charge is 2.52. The minimum atomic E-state index is -0.665. The van der Waals surface area contributed by atoms with Crippen molar-refractivity contribution in [2.75, 3.05) is 6.54 Å². The van der Waals surface area contributed by atoms with Crippen molar-refractivity contribution in [1.82, 2.24) is 10.2 Å². The fourth-order valence-corrected chi connectivity index (χ4v) is 6.21. The Morgan fingerprint density at radius 3 is 2.24 bits per heavy atom. The molecule has 4 N–H and O–H groups in total. The third-order valence-corrected chi connectivity index (χ3v) is 8.64. The highest BCUT2D eigenvalue weighted by Crippen LogP contribution is 2.50. The molecule has 8 heteroatoms. The zero-order valence-corrected chi connectivity index (χ0v) is 25.0. The number of benzene rings is 2. The summed E-state index contributed by atoms with van der Waals surface area (Å²) >= 11 is 0. The number of hydrogen-bond acceptors (Lipinski definition) is 4. The van der Waals surface area contributed by atoms with Crippen LogP contribution in [0.5, 0.6) is 0 Å². The number of halogens is 1. The minimum absolute atomic E-state index is 0.0124. The number of rotatable bonds is 9. The summed E-state index contributed by atoms with van der Waals surface area (Å²) in [6.07, 6.45) is 5.17. The largest absolute Gasteiger partial charge is 0.386 e. The van der Waals surface area contributed by atoms with Crippen LogP contribution in [0, 0.1) is 28.5 Å². The van der Waals surface area contributed by atoms with Crippen molar-refractivity contribution in [2.45, 2.75) is 84.8 Å². The molecule has 1 aliphatic heterocycles. The van der Waals surface area contributed by atoms with Gasteiger partial charge in [-0.15, -0.1) is 0 Å². The van der Waals surface area contributed by atoms with Gasteiger partial charge in [-0.1, -0.05) is 46.8 Å². The number of carbonyl (C=O) groups excluding carboxylic acids is 2. The van der Waals surface area contributed by atoms with Crippen molar-refractivity contribution in [1.29, 1.82) is 5.41 Å². The molecule has 1 heterocycles. The molecule has 2 amide bonds. The van der Waals surface area contributed by atoms with E-state index in [0.29, 0.717) is 28.7 Å². The Kier molecular flexibility index (Phi) is 9.00. The Balaban J connectivity index is 1.73. The van der Waals surface area contributed by atoms with Crippen LogP contribution in [0.25, 0.3) is 0 Å². The summed E-state index contributed by atoms with van der Waals surface area (Å²) in [5.74, 6) is 0.0948. The predicted octanol–water partition coefficient (Wildman–Crippen LogP) is 6.23. The highest BCUT2D eigenvalue weighted by molar-refractivity contribution is 6.46. The van der Waals surface area contributed by atoms with E-state index in [1.807, 2.05) is 17.0 Å². The van der Waals surface area contributed by atoms with Crippen LogP contribution in [0.2, 0.25) is 0 Å². The van der Waals surface area contributed by atoms with Crippen molar-refractivity contribution in [3.05, 3.63) is 71.0 Å². The first-order chi connectivity index (χ1) is 19.3. The minimum Gasteiger partial charge on any atom is -0.386 e. The Hall–Kier alpha value is -3.55. The van der Waals surface area contributed by atoms with Crippen molar-refractivity contribution in [3.63, 3.8) is 0 Å². The molecule has 2 aromatic carbocycles. The molecule has 41 heavy (non-hydrogen) atoms. The van der Waals surface area contributed by atoms with Crippen molar-refractivity contribution >= 4 is 23.4 Å². The van der Waals surface area contributed by atoms with Crippen molar-refractivity contribution in [2.24, 2.45) is 28.0 Å². The second-order valence-electron chi connectivity index (χ2n) is 13.1. The molecule has 1 atom stereocenters. The van der Waals surface area contributed by atoms with Crippen LogP contribution in [0.4, 0.5) is 4.39 Å². The maximum Gasteiger partial charge on any atom is 0.275 e. The SMILES string of the molecule is CC(C)CC[C@H](c1ccc(C(=O)NCC(=N)N)cc1)N1C(=O)C(c2ccc(F)cc2)=NC12CCC(C(C)(C)C)CC2. The molecule has 1 aliphatic carbocycles. The topological polar surface area (TPSA) is 112 Å². The monoisotopic (exact) mass is 561 g/mol. The molecule has 220 valence electrons. The van der Waals surface area contributed by atoms with Crippen LogP contribution >= 0.6 is 0 Å². The average Bonchev–Trinajstić information content (AvgIpc) is 3.19. The first kappa shape index (κ1) is 30.4. The molecule has 7 nitrogen and oxygen atoms in total. The first-order valence-electron chi connectivity index (χ1n) is 14.7. The number of nitrogens with zero attached hydrogens (tertiary/aromatic N) is 2. The van der Waals surface area contributed by atoms with E-state index in [1.165, 1.54) is 12.1 Å². The van der Waals surface area contributed by atoms with E-state index in [4.69, 9.17) is 16.1 Å². The van der Waals surface area contributed by atoms with Gasteiger partial charge in [-0.25, -0.2) is 4.39 Å². The van der Waals surface area contributed by atoms with Gasteiger partial charge in [0.2, 0.25) is 0 Å². The number of amidine groups is 1. The Bertz CT molecular complexity index is 1290. The Morgan fingerprint density at radius 1 is 1.10 bits per heavy atom. The summed E-state index contributed by atoms with van der Waals surface area (Å²) in [6, 6.07) is 13.2. The van der Waals surface area contributed by atoms with E-state index >= 15 is 0 Å². The molecule has 0 saturated heterocycles. The maximum absolute atomic E-state index is 14.3. The number of carbonyl (C=O) groups is 2. The van der Waals surface area contributed by atoms with Crippen LogP contribution in [0.1, 0.15) is 101 Å². The predicted molar refractivity (Wildman–Crippen MR) is 161 cm³/mol. The summed E-state index contributed by atoms with van der Waals surface area (Å²) in [5.41, 5.74) is 7.35. The van der Waals surface area contributed by atoms with Gasteiger partial charge in [0.1, 0.15) is 23.0 Å². The lowest BCUT2D eigenvalue weighted by atomic mass is 9.69. The number of hydrogen-bond donors (Lipinski definition) is 3. The fraction of sp³-hybridized carbons (Fsp3) is 0.515. The molecule has 4 rings (SSSR count). The number of nitrogens with two attached hydrogens (primary N) is 1. The van der Waals surface area contributed by atoms with Gasteiger partial charge in [-0.3, -0.25) is 20.0 Å². The van der Waals surface area contributed by atoms with Gasteiger partial charge in [-0.2, -0.15) is 0 Å². The van der Waals surface area contributed by atoms with E-state index in [9.17, 15) is 14.0 Å². The van der Waals surface area contributed by atoms with Crippen molar-refractivity contribution in [3.8, 4) is 0 Å². The molecular weight excluding hydrogens is 517 g/mol. The van der Waals surface area contributed by atoms with Gasteiger partial charge in [0, 0.05) is 11.1 Å². The molecule has 0 bridgehead atoms. The summed E-state index contributed by atoms with van der Waals surface area (Å²) in [4.78, 5) is 34.1. The van der Waals surface area contributed by atoms with Gasteiger partial charge in [-0.05, 0) is 97.7 Å². The smallest absolute Gasteiger partial charge is 0.275 e. The van der Waals surface area contributed by atoms with Crippen LogP contribution in [0.15, 0.2) is 53.5 Å². The fourth-order valence-electron chi connectivity index (χ4n) is 6.21. The lowest BCUT2D eigenvalue weighted by Gasteiger charge is -2.47. The van der Waals surface area contributed by atoms with Gasteiger partial charge < -0.3 is 16.0 Å².